The van der Waals surface area contributed by atoms with Gasteiger partial charge in [0.2, 0.25) is 5.76 Å². The van der Waals surface area contributed by atoms with Gasteiger partial charge in [-0.05, 0) is 31.2 Å². The number of phenols is 1. The number of nitro groups is 1. The number of hydrogen-bond donors (Lipinski definition) is 1. The highest BCUT2D eigenvalue weighted by molar-refractivity contribution is 5.74. The molecule has 7 nitrogen and oxygen atoms in total. The summed E-state index contributed by atoms with van der Waals surface area (Å²) in [6, 6.07) is 4.74. The Morgan fingerprint density at radius 3 is 2.80 bits per heavy atom. The molecule has 2 rings (SSSR count). The van der Waals surface area contributed by atoms with E-state index in [9.17, 15) is 15.2 Å². The number of phenolic OH excluding ortho intramolecular Hbond substituents is 1. The molecule has 1 aromatic heterocycles. The third kappa shape index (κ3) is 2.61. The van der Waals surface area contributed by atoms with Crippen molar-refractivity contribution in [3.63, 3.8) is 0 Å². The van der Waals surface area contributed by atoms with E-state index in [1.54, 1.807) is 12.1 Å². The topological polar surface area (TPSA) is 98.6 Å². The molecule has 20 heavy (non-hydrogen) atoms. The Balaban J connectivity index is 2.32. The van der Waals surface area contributed by atoms with Crippen LogP contribution >= 0.6 is 0 Å². The van der Waals surface area contributed by atoms with E-state index >= 15 is 0 Å². The summed E-state index contributed by atoms with van der Waals surface area (Å²) in [6.07, 6.45) is 2.89. The quantitative estimate of drug-likeness (QED) is 0.681. The van der Waals surface area contributed by atoms with E-state index in [-0.39, 0.29) is 22.9 Å². The van der Waals surface area contributed by atoms with Crippen molar-refractivity contribution in [1.29, 1.82) is 0 Å². The lowest BCUT2D eigenvalue weighted by Crippen LogP contribution is -1.90. The van der Waals surface area contributed by atoms with Crippen molar-refractivity contribution in [3.05, 3.63) is 45.3 Å². The Morgan fingerprint density at radius 1 is 1.45 bits per heavy atom. The standard InChI is InChI=1S/C13H12N2O5/c1-8-13(15(17)18)12(20-14-8)6-4-9-3-5-10(19-2)7-11(9)16/h3-7,16H,1-2H3. The number of aryl methyl sites for hydroxylation is 1. The Labute approximate surface area is 114 Å². The molecular formula is C13H12N2O5. The molecule has 0 fully saturated rings. The molecule has 0 aliphatic rings. The minimum absolute atomic E-state index is 0.000472. The molecule has 1 aromatic carbocycles. The van der Waals surface area contributed by atoms with Gasteiger partial charge in [-0.15, -0.1) is 0 Å². The first kappa shape index (κ1) is 13.6. The molecule has 0 aliphatic heterocycles. The maximum atomic E-state index is 10.9. The SMILES string of the molecule is COc1ccc(C=Cc2onc(C)c2[N+](=O)[O-])c(O)c1. The second-order valence-corrected chi connectivity index (χ2v) is 4.00. The van der Waals surface area contributed by atoms with E-state index < -0.39 is 4.92 Å². The zero-order chi connectivity index (χ0) is 14.7. The molecule has 104 valence electrons. The fourth-order valence-electron chi connectivity index (χ4n) is 1.67. The highest BCUT2D eigenvalue weighted by atomic mass is 16.6. The predicted octanol–water partition coefficient (Wildman–Crippen LogP) is 2.78. The van der Waals surface area contributed by atoms with Crippen LogP contribution in [0, 0.1) is 17.0 Å². The van der Waals surface area contributed by atoms with Crippen LogP contribution < -0.4 is 4.74 Å². The van der Waals surface area contributed by atoms with Gasteiger partial charge >= 0.3 is 5.69 Å². The van der Waals surface area contributed by atoms with Crippen molar-refractivity contribution in [1.82, 2.24) is 5.16 Å². The molecule has 0 saturated heterocycles. The van der Waals surface area contributed by atoms with Gasteiger partial charge in [0, 0.05) is 11.6 Å². The fraction of sp³-hybridized carbons (Fsp3) is 0.154. The number of rotatable bonds is 4. The van der Waals surface area contributed by atoms with Gasteiger partial charge in [0.15, 0.2) is 5.69 Å². The largest absolute Gasteiger partial charge is 0.507 e. The van der Waals surface area contributed by atoms with E-state index in [4.69, 9.17) is 9.26 Å². The highest BCUT2D eigenvalue weighted by Crippen LogP contribution is 2.28. The number of hydrogen-bond acceptors (Lipinski definition) is 6. The van der Waals surface area contributed by atoms with Gasteiger partial charge in [0.25, 0.3) is 0 Å². The first-order valence-corrected chi connectivity index (χ1v) is 5.68. The molecule has 0 aliphatic carbocycles. The fourth-order valence-corrected chi connectivity index (χ4v) is 1.67. The summed E-state index contributed by atoms with van der Waals surface area (Å²) in [4.78, 5) is 10.3. The van der Waals surface area contributed by atoms with Crippen LogP contribution in [0.15, 0.2) is 22.7 Å². The number of nitrogens with zero attached hydrogens (tertiary/aromatic N) is 2. The van der Waals surface area contributed by atoms with Gasteiger partial charge < -0.3 is 14.4 Å². The van der Waals surface area contributed by atoms with Gasteiger partial charge in [0.05, 0.1) is 12.0 Å². The summed E-state index contributed by atoms with van der Waals surface area (Å²) >= 11 is 0. The smallest absolute Gasteiger partial charge is 0.338 e. The van der Waals surface area contributed by atoms with Crippen LogP contribution in [0.25, 0.3) is 12.2 Å². The summed E-state index contributed by atoms with van der Waals surface area (Å²) in [7, 11) is 1.49. The Kier molecular flexibility index (Phi) is 3.69. The minimum Gasteiger partial charge on any atom is -0.507 e. The van der Waals surface area contributed by atoms with Gasteiger partial charge in [0.1, 0.15) is 11.5 Å². The van der Waals surface area contributed by atoms with E-state index in [1.165, 1.54) is 32.3 Å². The maximum Gasteiger partial charge on any atom is 0.338 e. The summed E-state index contributed by atoms with van der Waals surface area (Å²) in [5.41, 5.74) is 0.497. The van der Waals surface area contributed by atoms with E-state index in [1.807, 2.05) is 0 Å². The molecule has 0 spiro atoms. The van der Waals surface area contributed by atoms with Crippen LogP contribution in [0.4, 0.5) is 5.69 Å². The number of benzene rings is 1. The normalized spacial score (nSPS) is 10.9. The first-order chi connectivity index (χ1) is 9.52. The Bertz CT molecular complexity index is 675. The van der Waals surface area contributed by atoms with Crippen molar-refractivity contribution < 1.29 is 19.3 Å². The maximum absolute atomic E-state index is 10.9. The van der Waals surface area contributed by atoms with Crippen LogP contribution in [0.2, 0.25) is 0 Å². The van der Waals surface area contributed by atoms with Crippen LogP contribution in [0.3, 0.4) is 0 Å². The molecule has 0 unspecified atom stereocenters. The molecule has 7 heteroatoms. The summed E-state index contributed by atoms with van der Waals surface area (Å²) in [5, 5.41) is 24.2. The molecule has 1 N–H and O–H groups in total. The van der Waals surface area contributed by atoms with Crippen molar-refractivity contribution in [2.75, 3.05) is 7.11 Å². The van der Waals surface area contributed by atoms with Crippen LogP contribution in [0.1, 0.15) is 17.0 Å². The highest BCUT2D eigenvalue weighted by Gasteiger charge is 2.21. The third-order valence-corrected chi connectivity index (χ3v) is 2.69. The lowest BCUT2D eigenvalue weighted by molar-refractivity contribution is -0.386. The van der Waals surface area contributed by atoms with Crippen LogP contribution in [0.5, 0.6) is 11.5 Å². The van der Waals surface area contributed by atoms with Crippen molar-refractivity contribution >= 4 is 17.8 Å². The molecular weight excluding hydrogens is 264 g/mol. The molecule has 2 aromatic rings. The lowest BCUT2D eigenvalue weighted by Gasteiger charge is -2.02. The number of methoxy groups -OCH3 is 1. The minimum atomic E-state index is -0.556. The predicted molar refractivity (Wildman–Crippen MR) is 71.5 cm³/mol. The van der Waals surface area contributed by atoms with Crippen molar-refractivity contribution in [2.45, 2.75) is 6.92 Å². The number of ether oxygens (including phenoxy) is 1. The Hall–Kier alpha value is -2.83. The lowest BCUT2D eigenvalue weighted by atomic mass is 10.1. The molecule has 0 saturated carbocycles. The summed E-state index contributed by atoms with van der Waals surface area (Å²) < 4.78 is 9.84. The zero-order valence-corrected chi connectivity index (χ0v) is 10.9. The first-order valence-electron chi connectivity index (χ1n) is 5.68. The van der Waals surface area contributed by atoms with Gasteiger partial charge in [-0.1, -0.05) is 5.16 Å². The van der Waals surface area contributed by atoms with Crippen molar-refractivity contribution in [3.8, 4) is 11.5 Å². The van der Waals surface area contributed by atoms with Crippen LogP contribution in [-0.4, -0.2) is 22.3 Å². The van der Waals surface area contributed by atoms with Gasteiger partial charge in [-0.2, -0.15) is 0 Å². The second-order valence-electron chi connectivity index (χ2n) is 4.00. The molecule has 0 atom stereocenters. The number of aromatic hydroxyl groups is 1. The van der Waals surface area contributed by atoms with E-state index in [2.05, 4.69) is 5.16 Å². The molecule has 0 radical (unpaired) electrons. The van der Waals surface area contributed by atoms with E-state index in [0.717, 1.165) is 0 Å². The summed E-state index contributed by atoms with van der Waals surface area (Å²) in [5.74, 6) is 0.545. The number of aromatic nitrogens is 1. The molecule has 1 heterocycles. The third-order valence-electron chi connectivity index (χ3n) is 2.69. The Morgan fingerprint density at radius 2 is 2.20 bits per heavy atom. The van der Waals surface area contributed by atoms with Crippen LogP contribution in [-0.2, 0) is 0 Å². The summed E-state index contributed by atoms with van der Waals surface area (Å²) in [6.45, 7) is 1.49. The van der Waals surface area contributed by atoms with Crippen molar-refractivity contribution in [2.24, 2.45) is 0 Å². The average molecular weight is 276 g/mol. The van der Waals surface area contributed by atoms with Gasteiger partial charge in [-0.25, -0.2) is 0 Å². The van der Waals surface area contributed by atoms with E-state index in [0.29, 0.717) is 11.3 Å². The second kappa shape index (κ2) is 5.43. The molecule has 0 amide bonds. The monoisotopic (exact) mass is 276 g/mol. The average Bonchev–Trinajstić information content (AvgIpc) is 2.78. The zero-order valence-electron chi connectivity index (χ0n) is 10.9. The van der Waals surface area contributed by atoms with Gasteiger partial charge in [-0.3, -0.25) is 10.1 Å². The molecule has 0 bridgehead atoms.